The fourth-order valence-electron chi connectivity index (χ4n) is 1.44. The van der Waals surface area contributed by atoms with Crippen LogP contribution < -0.4 is 5.32 Å². The van der Waals surface area contributed by atoms with Crippen LogP contribution >= 0.6 is 11.3 Å². The number of aromatic nitrogens is 2. The van der Waals surface area contributed by atoms with Gasteiger partial charge in [0.15, 0.2) is 11.5 Å². The Morgan fingerprint density at radius 1 is 1.44 bits per heavy atom. The third-order valence-corrected chi connectivity index (χ3v) is 2.99. The summed E-state index contributed by atoms with van der Waals surface area (Å²) in [5, 5.41) is 14.0. The van der Waals surface area contributed by atoms with Gasteiger partial charge in [0.2, 0.25) is 0 Å². The molecule has 0 aromatic carbocycles. The average Bonchev–Trinajstić information content (AvgIpc) is 2.80. The van der Waals surface area contributed by atoms with Gasteiger partial charge in [0.25, 0.3) is 0 Å². The van der Waals surface area contributed by atoms with Crippen LogP contribution in [-0.2, 0) is 0 Å². The van der Waals surface area contributed by atoms with Crippen molar-refractivity contribution in [3.8, 4) is 10.7 Å². The largest absolute Gasteiger partial charge is 0.477 e. The summed E-state index contributed by atoms with van der Waals surface area (Å²) in [5.74, 6) is -0.0872. The lowest BCUT2D eigenvalue weighted by Gasteiger charge is -2.10. The van der Waals surface area contributed by atoms with Crippen LogP contribution in [0, 0.1) is 0 Å². The Hall–Kier alpha value is -1.95. The van der Waals surface area contributed by atoms with E-state index in [0.29, 0.717) is 11.6 Å². The van der Waals surface area contributed by atoms with E-state index >= 15 is 0 Å². The number of carboxylic acid groups (broad SMARTS) is 1. The second-order valence-electron chi connectivity index (χ2n) is 4.04. The molecule has 0 unspecified atom stereocenters. The highest BCUT2D eigenvalue weighted by Gasteiger charge is 2.12. The Morgan fingerprint density at radius 3 is 2.78 bits per heavy atom. The van der Waals surface area contributed by atoms with Crippen molar-refractivity contribution in [2.75, 3.05) is 5.32 Å². The molecule has 2 aromatic rings. The van der Waals surface area contributed by atoms with Crippen LogP contribution in [0.2, 0.25) is 0 Å². The summed E-state index contributed by atoms with van der Waals surface area (Å²) in [7, 11) is 0. The Balaban J connectivity index is 2.46. The number of rotatable bonds is 4. The Bertz CT molecular complexity index is 552. The van der Waals surface area contributed by atoms with Crippen LogP contribution in [-0.4, -0.2) is 27.1 Å². The maximum absolute atomic E-state index is 11.0. The van der Waals surface area contributed by atoms with E-state index in [1.807, 2.05) is 31.4 Å². The minimum absolute atomic E-state index is 0.00319. The first-order valence-corrected chi connectivity index (χ1v) is 6.37. The van der Waals surface area contributed by atoms with E-state index in [1.54, 1.807) is 0 Å². The van der Waals surface area contributed by atoms with Crippen molar-refractivity contribution < 1.29 is 9.90 Å². The maximum Gasteiger partial charge on any atom is 0.354 e. The Kier molecular flexibility index (Phi) is 3.57. The third kappa shape index (κ3) is 2.84. The highest BCUT2D eigenvalue weighted by Crippen LogP contribution is 2.23. The molecule has 0 aliphatic rings. The van der Waals surface area contributed by atoms with Gasteiger partial charge in [-0.05, 0) is 25.3 Å². The van der Waals surface area contributed by atoms with E-state index in [9.17, 15) is 4.79 Å². The number of anilines is 1. The fraction of sp³-hybridized carbons (Fsp3) is 0.250. The standard InChI is InChI=1S/C12H13N3O2S/c1-7(2)13-10-6-8(12(16)17)14-11(15-10)9-4-3-5-18-9/h3-7H,1-2H3,(H,16,17)(H,13,14,15). The number of thiophene rings is 1. The first kappa shape index (κ1) is 12.5. The van der Waals surface area contributed by atoms with Crippen LogP contribution in [0.1, 0.15) is 24.3 Å². The number of aromatic carboxylic acids is 1. The van der Waals surface area contributed by atoms with E-state index in [0.717, 1.165) is 4.88 Å². The van der Waals surface area contributed by atoms with Crippen LogP contribution in [0.25, 0.3) is 10.7 Å². The first-order chi connectivity index (χ1) is 8.56. The summed E-state index contributed by atoms with van der Waals surface area (Å²) in [6.45, 7) is 3.93. The van der Waals surface area contributed by atoms with Gasteiger partial charge in [-0.2, -0.15) is 0 Å². The van der Waals surface area contributed by atoms with Gasteiger partial charge in [-0.25, -0.2) is 14.8 Å². The van der Waals surface area contributed by atoms with E-state index in [-0.39, 0.29) is 11.7 Å². The molecule has 0 saturated carbocycles. The fourth-order valence-corrected chi connectivity index (χ4v) is 2.10. The van der Waals surface area contributed by atoms with Crippen LogP contribution in [0.15, 0.2) is 23.6 Å². The minimum atomic E-state index is -1.05. The van der Waals surface area contributed by atoms with Crippen molar-refractivity contribution in [1.29, 1.82) is 0 Å². The molecule has 2 N–H and O–H groups in total. The van der Waals surface area contributed by atoms with Gasteiger partial charge in [-0.15, -0.1) is 11.3 Å². The Labute approximate surface area is 109 Å². The second kappa shape index (κ2) is 5.14. The third-order valence-electron chi connectivity index (χ3n) is 2.12. The van der Waals surface area contributed by atoms with E-state index in [2.05, 4.69) is 15.3 Å². The molecular formula is C12H13N3O2S. The molecule has 94 valence electrons. The lowest BCUT2D eigenvalue weighted by atomic mass is 10.3. The maximum atomic E-state index is 11.0. The quantitative estimate of drug-likeness (QED) is 0.887. The normalized spacial score (nSPS) is 10.6. The molecule has 0 aliphatic carbocycles. The molecule has 0 atom stereocenters. The second-order valence-corrected chi connectivity index (χ2v) is 4.99. The number of hydrogen-bond acceptors (Lipinski definition) is 5. The van der Waals surface area contributed by atoms with E-state index < -0.39 is 5.97 Å². The molecule has 6 heteroatoms. The molecule has 2 aromatic heterocycles. The van der Waals surface area contributed by atoms with Gasteiger partial charge < -0.3 is 10.4 Å². The summed E-state index contributed by atoms with van der Waals surface area (Å²) in [6, 6.07) is 5.37. The van der Waals surface area contributed by atoms with Crippen LogP contribution in [0.4, 0.5) is 5.82 Å². The Morgan fingerprint density at radius 2 is 2.22 bits per heavy atom. The zero-order valence-corrected chi connectivity index (χ0v) is 10.9. The molecular weight excluding hydrogens is 250 g/mol. The molecule has 0 bridgehead atoms. The van der Waals surface area contributed by atoms with Gasteiger partial charge in [-0.3, -0.25) is 0 Å². The first-order valence-electron chi connectivity index (χ1n) is 5.49. The minimum Gasteiger partial charge on any atom is -0.477 e. The average molecular weight is 263 g/mol. The number of nitrogens with one attached hydrogen (secondary N) is 1. The smallest absolute Gasteiger partial charge is 0.354 e. The number of carbonyl (C=O) groups is 1. The van der Waals surface area contributed by atoms with Gasteiger partial charge in [0.1, 0.15) is 5.82 Å². The van der Waals surface area contributed by atoms with Crippen molar-refractivity contribution in [3.63, 3.8) is 0 Å². The van der Waals surface area contributed by atoms with Crippen molar-refractivity contribution in [2.45, 2.75) is 19.9 Å². The molecule has 0 aliphatic heterocycles. The predicted octanol–water partition coefficient (Wildman–Crippen LogP) is 2.72. The summed E-state index contributed by atoms with van der Waals surface area (Å²) < 4.78 is 0. The lowest BCUT2D eigenvalue weighted by Crippen LogP contribution is -2.13. The van der Waals surface area contributed by atoms with E-state index in [4.69, 9.17) is 5.11 Å². The topological polar surface area (TPSA) is 75.1 Å². The highest BCUT2D eigenvalue weighted by molar-refractivity contribution is 7.13. The van der Waals surface area contributed by atoms with E-state index in [1.165, 1.54) is 17.4 Å². The zero-order valence-electron chi connectivity index (χ0n) is 10.0. The number of nitrogens with zero attached hydrogens (tertiary/aromatic N) is 2. The lowest BCUT2D eigenvalue weighted by molar-refractivity contribution is 0.0690. The summed E-state index contributed by atoms with van der Waals surface area (Å²) in [5.41, 5.74) is -0.00319. The van der Waals surface area contributed by atoms with Gasteiger partial charge in [0.05, 0.1) is 4.88 Å². The van der Waals surface area contributed by atoms with Crippen molar-refractivity contribution in [3.05, 3.63) is 29.3 Å². The predicted molar refractivity (Wildman–Crippen MR) is 71.1 cm³/mol. The van der Waals surface area contributed by atoms with Crippen LogP contribution in [0.3, 0.4) is 0 Å². The molecule has 18 heavy (non-hydrogen) atoms. The van der Waals surface area contributed by atoms with Crippen molar-refractivity contribution in [2.24, 2.45) is 0 Å². The zero-order chi connectivity index (χ0) is 13.1. The van der Waals surface area contributed by atoms with Gasteiger partial charge in [-0.1, -0.05) is 6.07 Å². The van der Waals surface area contributed by atoms with Crippen LogP contribution in [0.5, 0.6) is 0 Å². The SMILES string of the molecule is CC(C)Nc1cc(C(=O)O)nc(-c2cccs2)n1. The molecule has 0 spiro atoms. The number of hydrogen-bond donors (Lipinski definition) is 2. The van der Waals surface area contributed by atoms with Crippen molar-refractivity contribution >= 4 is 23.1 Å². The summed E-state index contributed by atoms with van der Waals surface area (Å²) >= 11 is 1.48. The molecule has 2 rings (SSSR count). The molecule has 0 radical (unpaired) electrons. The van der Waals surface area contributed by atoms with Crippen molar-refractivity contribution in [1.82, 2.24) is 9.97 Å². The summed E-state index contributed by atoms with van der Waals surface area (Å²) in [6.07, 6.45) is 0. The molecule has 0 fully saturated rings. The molecule has 0 amide bonds. The highest BCUT2D eigenvalue weighted by atomic mass is 32.1. The van der Waals surface area contributed by atoms with Gasteiger partial charge in [0, 0.05) is 12.1 Å². The number of carboxylic acids is 1. The molecule has 2 heterocycles. The summed E-state index contributed by atoms with van der Waals surface area (Å²) in [4.78, 5) is 20.3. The molecule has 5 nitrogen and oxygen atoms in total. The molecule has 0 saturated heterocycles. The van der Waals surface area contributed by atoms with Gasteiger partial charge >= 0.3 is 5.97 Å². The monoisotopic (exact) mass is 263 g/mol.